The van der Waals surface area contributed by atoms with Gasteiger partial charge in [0.15, 0.2) is 6.04 Å². The average Bonchev–Trinajstić information content (AvgIpc) is 2.45. The Labute approximate surface area is 128 Å². The summed E-state index contributed by atoms with van der Waals surface area (Å²) in [5.41, 5.74) is 0.459. The molecule has 0 saturated heterocycles. The molecule has 7 heteroatoms. The van der Waals surface area contributed by atoms with Crippen LogP contribution in [0.5, 0.6) is 0 Å². The summed E-state index contributed by atoms with van der Waals surface area (Å²) < 4.78 is 9.96. The predicted octanol–water partition coefficient (Wildman–Crippen LogP) is 1.64. The molecule has 0 aliphatic heterocycles. The average molecular weight is 316 g/mol. The number of hydrogen-bond donors (Lipinski definition) is 2. The molecular weight excluding hydrogens is 298 g/mol. The van der Waals surface area contributed by atoms with Crippen LogP contribution < -0.4 is 5.32 Å². The van der Waals surface area contributed by atoms with Gasteiger partial charge in [-0.05, 0) is 17.7 Å². The molecular formula is C14H18ClNO5. The number of amides is 1. The van der Waals surface area contributed by atoms with Gasteiger partial charge in [0.25, 0.3) is 0 Å². The summed E-state index contributed by atoms with van der Waals surface area (Å²) >= 11 is 5.75. The molecule has 0 heterocycles. The Hall–Kier alpha value is -1.63. The van der Waals surface area contributed by atoms with Crippen molar-refractivity contribution in [3.63, 3.8) is 0 Å². The van der Waals surface area contributed by atoms with Crippen LogP contribution in [0.15, 0.2) is 24.3 Å². The van der Waals surface area contributed by atoms with Crippen molar-refractivity contribution in [3.05, 3.63) is 34.9 Å². The Morgan fingerprint density at radius 1 is 1.24 bits per heavy atom. The zero-order chi connectivity index (χ0) is 15.7. The zero-order valence-corrected chi connectivity index (χ0v) is 12.4. The molecule has 0 aliphatic rings. The van der Waals surface area contributed by atoms with Crippen molar-refractivity contribution in [3.8, 4) is 0 Å². The van der Waals surface area contributed by atoms with Crippen molar-refractivity contribution in [1.29, 1.82) is 0 Å². The summed E-state index contributed by atoms with van der Waals surface area (Å²) in [5, 5.41) is 12.1. The monoisotopic (exact) mass is 315 g/mol. The van der Waals surface area contributed by atoms with Gasteiger partial charge in [0.2, 0.25) is 5.91 Å². The van der Waals surface area contributed by atoms with Crippen LogP contribution in [0.2, 0.25) is 5.02 Å². The van der Waals surface area contributed by atoms with Crippen molar-refractivity contribution in [2.45, 2.75) is 12.5 Å². The fraction of sp³-hybridized carbons (Fsp3) is 0.429. The third-order valence-corrected chi connectivity index (χ3v) is 2.91. The lowest BCUT2D eigenvalue weighted by Gasteiger charge is -2.15. The number of benzene rings is 1. The molecule has 1 aromatic carbocycles. The Balaban J connectivity index is 2.49. The molecule has 0 aliphatic carbocycles. The van der Waals surface area contributed by atoms with Gasteiger partial charge in [0, 0.05) is 18.6 Å². The molecule has 1 rings (SSSR count). The van der Waals surface area contributed by atoms with Crippen LogP contribution in [0, 0.1) is 0 Å². The van der Waals surface area contributed by atoms with Crippen LogP contribution in [-0.2, 0) is 19.1 Å². The van der Waals surface area contributed by atoms with Crippen LogP contribution in [0.25, 0.3) is 0 Å². The van der Waals surface area contributed by atoms with Crippen LogP contribution >= 0.6 is 11.6 Å². The number of aliphatic carboxylic acids is 1. The van der Waals surface area contributed by atoms with Crippen molar-refractivity contribution >= 4 is 23.5 Å². The fourth-order valence-electron chi connectivity index (χ4n) is 1.59. The minimum atomic E-state index is -1.13. The highest BCUT2D eigenvalue weighted by molar-refractivity contribution is 6.30. The quantitative estimate of drug-likeness (QED) is 0.677. The number of rotatable bonds is 9. The maximum absolute atomic E-state index is 11.7. The summed E-state index contributed by atoms with van der Waals surface area (Å²) in [4.78, 5) is 23.0. The lowest BCUT2D eigenvalue weighted by atomic mass is 10.1. The summed E-state index contributed by atoms with van der Waals surface area (Å²) in [7, 11) is 1.56. The second-order valence-electron chi connectivity index (χ2n) is 4.25. The van der Waals surface area contributed by atoms with Crippen molar-refractivity contribution in [2.24, 2.45) is 0 Å². The van der Waals surface area contributed by atoms with Crippen LogP contribution in [0.4, 0.5) is 0 Å². The van der Waals surface area contributed by atoms with E-state index in [1.807, 2.05) is 0 Å². The molecule has 0 aromatic heterocycles. The smallest absolute Gasteiger partial charge is 0.330 e. The van der Waals surface area contributed by atoms with Gasteiger partial charge in [-0.15, -0.1) is 0 Å². The number of carbonyl (C=O) groups is 2. The molecule has 116 valence electrons. The summed E-state index contributed by atoms with van der Waals surface area (Å²) in [6.07, 6.45) is 0.0844. The fourth-order valence-corrected chi connectivity index (χ4v) is 1.71. The first kappa shape index (κ1) is 17.4. The zero-order valence-electron chi connectivity index (χ0n) is 11.7. The number of carbonyl (C=O) groups excluding carboxylic acids is 1. The summed E-state index contributed by atoms with van der Waals surface area (Å²) in [5.74, 6) is -1.53. The van der Waals surface area contributed by atoms with E-state index in [0.717, 1.165) is 0 Å². The van der Waals surface area contributed by atoms with Crippen LogP contribution in [-0.4, -0.2) is 43.9 Å². The number of nitrogens with one attached hydrogen (secondary N) is 1. The first-order valence-corrected chi connectivity index (χ1v) is 6.76. The van der Waals surface area contributed by atoms with Gasteiger partial charge >= 0.3 is 5.97 Å². The lowest BCUT2D eigenvalue weighted by molar-refractivity contribution is -0.142. The van der Waals surface area contributed by atoms with E-state index < -0.39 is 17.9 Å². The third kappa shape index (κ3) is 6.57. The molecule has 0 spiro atoms. The predicted molar refractivity (Wildman–Crippen MR) is 77.3 cm³/mol. The minimum absolute atomic E-state index is 0.0844. The van der Waals surface area contributed by atoms with Crippen LogP contribution in [0.1, 0.15) is 18.0 Å². The normalized spacial score (nSPS) is 11.9. The van der Waals surface area contributed by atoms with E-state index in [2.05, 4.69) is 5.32 Å². The molecule has 1 aromatic rings. The summed E-state index contributed by atoms with van der Waals surface area (Å²) in [6.45, 7) is 1.05. The highest BCUT2D eigenvalue weighted by atomic mass is 35.5. The van der Waals surface area contributed by atoms with Gasteiger partial charge < -0.3 is 19.9 Å². The number of carboxylic acid groups (broad SMARTS) is 1. The van der Waals surface area contributed by atoms with Crippen molar-refractivity contribution in [2.75, 3.05) is 26.9 Å². The first-order valence-electron chi connectivity index (χ1n) is 6.39. The molecule has 0 fully saturated rings. The summed E-state index contributed by atoms with van der Waals surface area (Å²) in [6, 6.07) is 5.18. The number of methoxy groups -OCH3 is 1. The van der Waals surface area contributed by atoms with E-state index >= 15 is 0 Å². The van der Waals surface area contributed by atoms with Gasteiger partial charge in [0.1, 0.15) is 0 Å². The maximum atomic E-state index is 11.7. The largest absolute Gasteiger partial charge is 0.479 e. The minimum Gasteiger partial charge on any atom is -0.479 e. The van der Waals surface area contributed by atoms with Gasteiger partial charge in [-0.2, -0.15) is 0 Å². The molecule has 2 N–H and O–H groups in total. The Morgan fingerprint density at radius 3 is 2.48 bits per heavy atom. The number of carboxylic acids is 1. The topological polar surface area (TPSA) is 84.9 Å². The Kier molecular flexibility index (Phi) is 7.74. The molecule has 0 saturated carbocycles. The third-order valence-electron chi connectivity index (χ3n) is 2.66. The van der Waals surface area contributed by atoms with Gasteiger partial charge in [-0.1, -0.05) is 23.7 Å². The number of halogens is 1. The highest BCUT2D eigenvalue weighted by Crippen LogP contribution is 2.17. The van der Waals surface area contributed by atoms with Crippen molar-refractivity contribution < 1.29 is 24.2 Å². The van der Waals surface area contributed by atoms with Crippen LogP contribution in [0.3, 0.4) is 0 Å². The lowest BCUT2D eigenvalue weighted by Crippen LogP contribution is -2.34. The van der Waals surface area contributed by atoms with Gasteiger partial charge in [0.05, 0.1) is 19.8 Å². The molecule has 0 radical (unpaired) electrons. The molecule has 21 heavy (non-hydrogen) atoms. The van der Waals surface area contributed by atoms with E-state index in [4.69, 9.17) is 21.1 Å². The van der Waals surface area contributed by atoms with E-state index in [-0.39, 0.29) is 13.0 Å². The highest BCUT2D eigenvalue weighted by Gasteiger charge is 2.21. The number of ether oxygens (including phenoxy) is 2. The second-order valence-corrected chi connectivity index (χ2v) is 4.68. The van der Waals surface area contributed by atoms with Crippen molar-refractivity contribution in [1.82, 2.24) is 5.32 Å². The SMILES string of the molecule is COCCOCCC(=O)NC(C(=O)O)c1ccc(Cl)cc1. The first-order chi connectivity index (χ1) is 10.0. The maximum Gasteiger partial charge on any atom is 0.330 e. The standard InChI is InChI=1S/C14H18ClNO5/c1-20-8-9-21-7-6-12(17)16-13(14(18)19)10-2-4-11(15)5-3-10/h2-5,13H,6-9H2,1H3,(H,16,17)(H,18,19). The van der Waals surface area contributed by atoms with E-state index in [0.29, 0.717) is 23.8 Å². The molecule has 1 unspecified atom stereocenters. The molecule has 6 nitrogen and oxygen atoms in total. The molecule has 0 bridgehead atoms. The number of hydrogen-bond acceptors (Lipinski definition) is 4. The molecule has 1 atom stereocenters. The van der Waals surface area contributed by atoms with E-state index in [9.17, 15) is 14.7 Å². The second kappa shape index (κ2) is 9.33. The van der Waals surface area contributed by atoms with E-state index in [1.54, 1.807) is 31.4 Å². The molecule has 1 amide bonds. The van der Waals surface area contributed by atoms with Gasteiger partial charge in [-0.25, -0.2) is 4.79 Å². The van der Waals surface area contributed by atoms with E-state index in [1.165, 1.54) is 0 Å². The Bertz CT molecular complexity index is 463. The Morgan fingerprint density at radius 2 is 1.90 bits per heavy atom. The van der Waals surface area contributed by atoms with Gasteiger partial charge in [-0.3, -0.25) is 4.79 Å².